The first-order valence-corrected chi connectivity index (χ1v) is 11.2. The second-order valence-electron chi connectivity index (χ2n) is 8.79. The first-order valence-electron chi connectivity index (χ1n) is 11.2. The number of amides is 1. The van der Waals surface area contributed by atoms with E-state index in [2.05, 4.69) is 49.7 Å². The minimum absolute atomic E-state index is 0.0760. The molecule has 1 N–H and O–H groups in total. The first-order chi connectivity index (χ1) is 15.3. The smallest absolute Gasteiger partial charge is 0.252 e. The van der Waals surface area contributed by atoms with Gasteiger partial charge in [-0.3, -0.25) is 4.79 Å². The molecule has 4 nitrogen and oxygen atoms in total. The maximum absolute atomic E-state index is 13.0. The third-order valence-electron chi connectivity index (χ3n) is 6.65. The summed E-state index contributed by atoms with van der Waals surface area (Å²) in [5, 5.41) is 3.17. The predicted molar refractivity (Wildman–Crippen MR) is 131 cm³/mol. The maximum Gasteiger partial charge on any atom is 0.252 e. The minimum Gasteiger partial charge on any atom is -0.342 e. The highest BCUT2D eigenvalue weighted by Gasteiger charge is 2.21. The molecule has 0 aliphatic heterocycles. The fraction of sp³-hybridized carbons (Fsp3) is 0.286. The van der Waals surface area contributed by atoms with Crippen molar-refractivity contribution in [2.45, 2.75) is 54.1 Å². The molecule has 1 atom stereocenters. The highest BCUT2D eigenvalue weighted by atomic mass is 16.1. The Kier molecular flexibility index (Phi) is 5.88. The number of carbonyl (C=O) groups is 1. The molecule has 4 heteroatoms. The van der Waals surface area contributed by atoms with E-state index < -0.39 is 0 Å². The Labute approximate surface area is 190 Å². The van der Waals surface area contributed by atoms with Crippen LogP contribution in [-0.4, -0.2) is 15.5 Å². The van der Waals surface area contributed by atoms with Gasteiger partial charge in [0.05, 0.1) is 17.1 Å². The third kappa shape index (κ3) is 3.93. The number of para-hydroxylation sites is 2. The number of nitrogens with one attached hydrogen (secondary N) is 1. The van der Waals surface area contributed by atoms with Crippen LogP contribution in [0.25, 0.3) is 11.0 Å². The molecule has 1 amide bonds. The maximum atomic E-state index is 13.0. The van der Waals surface area contributed by atoms with E-state index in [4.69, 9.17) is 4.98 Å². The van der Waals surface area contributed by atoms with Gasteiger partial charge in [0.25, 0.3) is 5.91 Å². The largest absolute Gasteiger partial charge is 0.342 e. The van der Waals surface area contributed by atoms with Crippen molar-refractivity contribution in [1.29, 1.82) is 0 Å². The van der Waals surface area contributed by atoms with Gasteiger partial charge >= 0.3 is 0 Å². The number of aryl methyl sites for hydroxylation is 3. The van der Waals surface area contributed by atoms with Crippen LogP contribution in [0.15, 0.2) is 54.6 Å². The van der Waals surface area contributed by atoms with Gasteiger partial charge in [-0.05, 0) is 93.1 Å². The number of nitrogens with zero attached hydrogens (tertiary/aromatic N) is 2. The molecular weight excluding hydrogens is 394 g/mol. The molecule has 0 saturated carbocycles. The van der Waals surface area contributed by atoms with Gasteiger partial charge in [0, 0.05) is 12.1 Å². The lowest BCUT2D eigenvalue weighted by Gasteiger charge is -2.20. The van der Waals surface area contributed by atoms with Crippen LogP contribution in [-0.2, 0) is 6.54 Å². The van der Waals surface area contributed by atoms with Crippen LogP contribution in [0.1, 0.15) is 62.5 Å². The van der Waals surface area contributed by atoms with Crippen molar-refractivity contribution < 1.29 is 4.79 Å². The number of carbonyl (C=O) groups excluding carboxylic acids is 1. The van der Waals surface area contributed by atoms with Crippen molar-refractivity contribution in [1.82, 2.24) is 14.9 Å². The summed E-state index contributed by atoms with van der Waals surface area (Å²) >= 11 is 0. The zero-order valence-electron chi connectivity index (χ0n) is 19.8. The first kappa shape index (κ1) is 21.8. The van der Waals surface area contributed by atoms with Crippen LogP contribution >= 0.6 is 0 Å². The average Bonchev–Trinajstić information content (AvgIpc) is 3.14. The second-order valence-corrected chi connectivity index (χ2v) is 8.79. The van der Waals surface area contributed by atoms with Crippen molar-refractivity contribution in [2.75, 3.05) is 0 Å². The quantitative estimate of drug-likeness (QED) is 0.419. The van der Waals surface area contributed by atoms with E-state index in [1.165, 1.54) is 27.8 Å². The zero-order chi connectivity index (χ0) is 23.0. The molecule has 0 radical (unpaired) electrons. The van der Waals surface area contributed by atoms with Crippen LogP contribution in [0.2, 0.25) is 0 Å². The molecule has 0 aliphatic rings. The predicted octanol–water partition coefficient (Wildman–Crippen LogP) is 6.12. The molecule has 0 bridgehead atoms. The number of fused-ring (bicyclic) bond motifs is 1. The van der Waals surface area contributed by atoms with E-state index in [0.717, 1.165) is 29.0 Å². The Hall–Kier alpha value is -3.40. The molecule has 0 saturated heterocycles. The van der Waals surface area contributed by atoms with Gasteiger partial charge in [-0.1, -0.05) is 36.4 Å². The Morgan fingerprint density at radius 1 is 0.906 bits per heavy atom. The normalized spacial score (nSPS) is 12.2. The molecule has 1 unspecified atom stereocenters. The van der Waals surface area contributed by atoms with Gasteiger partial charge in [0.2, 0.25) is 0 Å². The lowest BCUT2D eigenvalue weighted by atomic mass is 9.94. The van der Waals surface area contributed by atoms with Crippen LogP contribution in [0.5, 0.6) is 0 Å². The zero-order valence-corrected chi connectivity index (χ0v) is 19.8. The highest BCUT2D eigenvalue weighted by Crippen LogP contribution is 2.27. The minimum atomic E-state index is -0.235. The molecule has 1 aromatic heterocycles. The van der Waals surface area contributed by atoms with E-state index in [-0.39, 0.29) is 11.9 Å². The fourth-order valence-corrected chi connectivity index (χ4v) is 4.45. The Morgan fingerprint density at radius 3 is 2.22 bits per heavy atom. The third-order valence-corrected chi connectivity index (χ3v) is 6.65. The van der Waals surface area contributed by atoms with E-state index in [1.54, 1.807) is 0 Å². The Bertz CT molecular complexity index is 1290. The summed E-state index contributed by atoms with van der Waals surface area (Å²) in [5.74, 6) is 0.791. The van der Waals surface area contributed by atoms with E-state index in [9.17, 15) is 4.79 Å². The molecule has 32 heavy (non-hydrogen) atoms. The fourth-order valence-electron chi connectivity index (χ4n) is 4.45. The van der Waals surface area contributed by atoms with Crippen molar-refractivity contribution in [3.63, 3.8) is 0 Å². The Morgan fingerprint density at radius 2 is 1.53 bits per heavy atom. The molecule has 0 aliphatic carbocycles. The molecular formula is C28H31N3O. The summed E-state index contributed by atoms with van der Waals surface area (Å²) in [4.78, 5) is 17.9. The molecule has 3 aromatic carbocycles. The Balaban J connectivity index is 1.76. The standard InChI is InChI=1S/C28H31N3O/c1-17-11-7-8-12-23(17)28(32)29-22(6)27-30-25-13-9-10-14-26(25)31(27)16-24-20(4)18(2)15-19(3)21(24)5/h7-15,22H,16H2,1-6H3,(H,29,32). The van der Waals surface area contributed by atoms with Gasteiger partial charge in [0.15, 0.2) is 0 Å². The van der Waals surface area contributed by atoms with Crippen LogP contribution in [0.3, 0.4) is 0 Å². The van der Waals surface area contributed by atoms with Gasteiger partial charge in [-0.15, -0.1) is 0 Å². The molecule has 0 spiro atoms. The van der Waals surface area contributed by atoms with Gasteiger partial charge in [-0.2, -0.15) is 0 Å². The van der Waals surface area contributed by atoms with Crippen molar-refractivity contribution in [2.24, 2.45) is 0 Å². The molecule has 4 aromatic rings. The van der Waals surface area contributed by atoms with Crippen LogP contribution < -0.4 is 5.32 Å². The molecule has 0 fully saturated rings. The van der Waals surface area contributed by atoms with E-state index >= 15 is 0 Å². The number of rotatable bonds is 5. The van der Waals surface area contributed by atoms with Gasteiger partial charge < -0.3 is 9.88 Å². The number of benzene rings is 3. The topological polar surface area (TPSA) is 46.9 Å². The van der Waals surface area contributed by atoms with E-state index in [1.807, 2.05) is 56.3 Å². The lowest BCUT2D eigenvalue weighted by molar-refractivity contribution is 0.0937. The summed E-state index contributed by atoms with van der Waals surface area (Å²) in [5.41, 5.74) is 10.2. The van der Waals surface area contributed by atoms with Crippen LogP contribution in [0.4, 0.5) is 0 Å². The average molecular weight is 426 g/mol. The number of hydrogen-bond donors (Lipinski definition) is 1. The summed E-state index contributed by atoms with van der Waals surface area (Å²) in [6, 6.07) is 17.9. The molecule has 4 rings (SSSR count). The van der Waals surface area contributed by atoms with E-state index in [0.29, 0.717) is 5.56 Å². The van der Waals surface area contributed by atoms with Crippen molar-refractivity contribution in [3.8, 4) is 0 Å². The SMILES string of the molecule is Cc1ccccc1C(=O)NC(C)c1nc2ccccc2n1Cc1c(C)c(C)cc(C)c1C. The summed E-state index contributed by atoms with van der Waals surface area (Å²) in [7, 11) is 0. The van der Waals surface area contributed by atoms with Crippen LogP contribution in [0, 0.1) is 34.6 Å². The van der Waals surface area contributed by atoms with Gasteiger partial charge in [-0.25, -0.2) is 4.98 Å². The van der Waals surface area contributed by atoms with Gasteiger partial charge in [0.1, 0.15) is 5.82 Å². The summed E-state index contributed by atoms with van der Waals surface area (Å²) < 4.78 is 2.26. The number of imidazole rings is 1. The number of hydrogen-bond acceptors (Lipinski definition) is 2. The summed E-state index contributed by atoms with van der Waals surface area (Å²) in [6.45, 7) is 13.4. The number of aromatic nitrogens is 2. The molecule has 1 heterocycles. The monoisotopic (exact) mass is 425 g/mol. The lowest BCUT2D eigenvalue weighted by Crippen LogP contribution is -2.29. The molecule has 164 valence electrons. The highest BCUT2D eigenvalue weighted by molar-refractivity contribution is 5.95. The second kappa shape index (κ2) is 8.62. The summed E-state index contributed by atoms with van der Waals surface area (Å²) in [6.07, 6.45) is 0. The van der Waals surface area contributed by atoms with Crippen molar-refractivity contribution >= 4 is 16.9 Å². The van der Waals surface area contributed by atoms with Crippen molar-refractivity contribution in [3.05, 3.63) is 99.4 Å².